The molecule has 1 saturated carbocycles. The third-order valence-corrected chi connectivity index (χ3v) is 6.05. The molecule has 0 amide bonds. The first kappa shape index (κ1) is 12.3. The van der Waals surface area contributed by atoms with Crippen LogP contribution in [-0.4, -0.2) is 41.4 Å². The lowest BCUT2D eigenvalue weighted by molar-refractivity contribution is 0.335. The van der Waals surface area contributed by atoms with Crippen LogP contribution >= 0.6 is 0 Å². The molecule has 1 aliphatic heterocycles. The Labute approximate surface area is 98.5 Å². The molecule has 2 rings (SSSR count). The number of hydrogen-bond donors (Lipinski definition) is 2. The van der Waals surface area contributed by atoms with Gasteiger partial charge < -0.3 is 11.1 Å². The van der Waals surface area contributed by atoms with Crippen molar-refractivity contribution in [1.82, 2.24) is 5.32 Å². The summed E-state index contributed by atoms with van der Waals surface area (Å²) >= 11 is 0. The number of nitrogens with one attached hydrogen (secondary N) is 1. The molecule has 0 unspecified atom stereocenters. The predicted molar refractivity (Wildman–Crippen MR) is 68.0 cm³/mol. The van der Waals surface area contributed by atoms with E-state index in [-0.39, 0.29) is 0 Å². The lowest BCUT2D eigenvalue weighted by Gasteiger charge is -2.27. The van der Waals surface area contributed by atoms with Gasteiger partial charge in [-0.3, -0.25) is 0 Å². The van der Waals surface area contributed by atoms with Crippen LogP contribution in [0.4, 0.5) is 0 Å². The van der Waals surface area contributed by atoms with E-state index in [4.69, 9.17) is 5.73 Å². The normalized spacial score (nSPS) is 34.6. The summed E-state index contributed by atoms with van der Waals surface area (Å²) in [7, 11) is -1.88. The molecule has 0 aromatic carbocycles. The molecule has 1 heterocycles. The van der Waals surface area contributed by atoms with Crippen LogP contribution in [0.15, 0.2) is 4.36 Å². The summed E-state index contributed by atoms with van der Waals surface area (Å²) in [6.07, 6.45) is 4.51. The maximum absolute atomic E-state index is 12.4. The average Bonchev–Trinajstić information content (AvgIpc) is 2.30. The van der Waals surface area contributed by atoms with Crippen molar-refractivity contribution in [3.05, 3.63) is 0 Å². The van der Waals surface area contributed by atoms with Gasteiger partial charge >= 0.3 is 0 Å². The molecule has 1 saturated heterocycles. The van der Waals surface area contributed by atoms with E-state index >= 15 is 0 Å². The highest BCUT2D eigenvalue weighted by molar-refractivity contribution is 7.93. The fraction of sp³-hybridized carbons (Fsp3) is 1.00. The van der Waals surface area contributed by atoms with Gasteiger partial charge in [0.1, 0.15) is 0 Å². The van der Waals surface area contributed by atoms with Crippen LogP contribution in [0, 0.1) is 5.92 Å². The zero-order chi connectivity index (χ0) is 11.4. The summed E-state index contributed by atoms with van der Waals surface area (Å²) in [6.45, 7) is 2.52. The van der Waals surface area contributed by atoms with E-state index in [1.165, 1.54) is 12.8 Å². The lowest BCUT2D eigenvalue weighted by atomic mass is 9.87. The van der Waals surface area contributed by atoms with Gasteiger partial charge in [0.15, 0.2) is 0 Å². The Morgan fingerprint density at radius 2 is 1.81 bits per heavy atom. The first-order chi connectivity index (χ1) is 7.72. The third-order valence-electron chi connectivity index (χ3n) is 3.69. The summed E-state index contributed by atoms with van der Waals surface area (Å²) in [6, 6.07) is 0.341. The molecule has 0 aromatic heterocycles. The van der Waals surface area contributed by atoms with Crippen molar-refractivity contribution >= 4 is 9.73 Å². The van der Waals surface area contributed by atoms with E-state index in [0.29, 0.717) is 12.0 Å². The molecule has 0 spiro atoms. The van der Waals surface area contributed by atoms with E-state index in [9.17, 15) is 4.21 Å². The van der Waals surface area contributed by atoms with Gasteiger partial charge in [-0.15, -0.1) is 0 Å². The zero-order valence-electron chi connectivity index (χ0n) is 9.86. The van der Waals surface area contributed by atoms with Gasteiger partial charge in [0.25, 0.3) is 0 Å². The standard InChI is InChI=1S/C11H23N3OS/c12-9-10-1-3-11(4-2-10)14-16(15)7-5-13-6-8-16/h10-11,13H,1-9,12H2. The number of nitrogens with zero attached hydrogens (tertiary/aromatic N) is 1. The van der Waals surface area contributed by atoms with Gasteiger partial charge in [-0.05, 0) is 38.1 Å². The van der Waals surface area contributed by atoms with Crippen molar-refractivity contribution in [2.45, 2.75) is 31.7 Å². The first-order valence-corrected chi connectivity index (χ1v) is 8.19. The average molecular weight is 245 g/mol. The van der Waals surface area contributed by atoms with Crippen molar-refractivity contribution in [2.24, 2.45) is 16.0 Å². The summed E-state index contributed by atoms with van der Waals surface area (Å²) in [5.41, 5.74) is 5.66. The Morgan fingerprint density at radius 1 is 1.19 bits per heavy atom. The summed E-state index contributed by atoms with van der Waals surface area (Å²) in [4.78, 5) is 0. The maximum Gasteiger partial charge on any atom is 0.0594 e. The van der Waals surface area contributed by atoms with Crippen LogP contribution in [0.5, 0.6) is 0 Å². The van der Waals surface area contributed by atoms with Crippen LogP contribution < -0.4 is 11.1 Å². The number of hydrogen-bond acceptors (Lipinski definition) is 4. The molecular formula is C11H23N3OS. The van der Waals surface area contributed by atoms with Crippen LogP contribution in [0.25, 0.3) is 0 Å². The van der Waals surface area contributed by atoms with Crippen LogP contribution in [0.1, 0.15) is 25.7 Å². The fourth-order valence-corrected chi connectivity index (χ4v) is 4.65. The van der Waals surface area contributed by atoms with E-state index in [2.05, 4.69) is 9.68 Å². The van der Waals surface area contributed by atoms with Crippen LogP contribution in [-0.2, 0) is 9.73 Å². The number of rotatable bonds is 2. The van der Waals surface area contributed by atoms with E-state index < -0.39 is 9.73 Å². The highest BCUT2D eigenvalue weighted by atomic mass is 32.2. The Kier molecular flexibility index (Phi) is 4.21. The fourth-order valence-electron chi connectivity index (χ4n) is 2.55. The molecule has 94 valence electrons. The highest BCUT2D eigenvalue weighted by Gasteiger charge is 2.22. The summed E-state index contributed by atoms with van der Waals surface area (Å²) in [5.74, 6) is 2.16. The number of nitrogens with two attached hydrogens (primary N) is 1. The van der Waals surface area contributed by atoms with Crippen LogP contribution in [0.3, 0.4) is 0 Å². The summed E-state index contributed by atoms with van der Waals surface area (Å²) < 4.78 is 17.0. The highest BCUT2D eigenvalue weighted by Crippen LogP contribution is 2.26. The minimum Gasteiger partial charge on any atom is -0.330 e. The predicted octanol–water partition coefficient (Wildman–Crippen LogP) is 0.575. The topological polar surface area (TPSA) is 67.5 Å². The Hall–Kier alpha value is -0.130. The van der Waals surface area contributed by atoms with Crippen LogP contribution in [0.2, 0.25) is 0 Å². The molecule has 16 heavy (non-hydrogen) atoms. The molecule has 3 N–H and O–H groups in total. The van der Waals surface area contributed by atoms with Gasteiger partial charge in [-0.25, -0.2) is 8.57 Å². The largest absolute Gasteiger partial charge is 0.330 e. The lowest BCUT2D eigenvalue weighted by Crippen LogP contribution is -2.36. The van der Waals surface area contributed by atoms with E-state index in [0.717, 1.165) is 44.0 Å². The smallest absolute Gasteiger partial charge is 0.0594 e. The Morgan fingerprint density at radius 3 is 2.38 bits per heavy atom. The van der Waals surface area contributed by atoms with Gasteiger partial charge in [0.05, 0.1) is 6.04 Å². The molecule has 2 aliphatic rings. The summed E-state index contributed by atoms with van der Waals surface area (Å²) in [5, 5.41) is 3.24. The van der Waals surface area contributed by atoms with Crippen molar-refractivity contribution in [3.8, 4) is 0 Å². The second-order valence-electron chi connectivity index (χ2n) is 4.95. The van der Waals surface area contributed by atoms with Crippen molar-refractivity contribution in [1.29, 1.82) is 0 Å². The molecule has 5 heteroatoms. The molecule has 2 fully saturated rings. The molecule has 1 aliphatic carbocycles. The van der Waals surface area contributed by atoms with Crippen molar-refractivity contribution in [3.63, 3.8) is 0 Å². The van der Waals surface area contributed by atoms with Gasteiger partial charge in [0, 0.05) is 34.3 Å². The Balaban J connectivity index is 1.94. The molecule has 0 aromatic rings. The van der Waals surface area contributed by atoms with Crippen molar-refractivity contribution in [2.75, 3.05) is 31.1 Å². The first-order valence-electron chi connectivity index (χ1n) is 6.34. The minimum atomic E-state index is -1.88. The molecule has 0 bridgehead atoms. The second kappa shape index (κ2) is 5.47. The van der Waals surface area contributed by atoms with Gasteiger partial charge in [-0.2, -0.15) is 0 Å². The monoisotopic (exact) mass is 245 g/mol. The molecule has 0 atom stereocenters. The third kappa shape index (κ3) is 3.18. The zero-order valence-corrected chi connectivity index (χ0v) is 10.7. The molecular weight excluding hydrogens is 222 g/mol. The van der Waals surface area contributed by atoms with E-state index in [1.807, 2.05) is 0 Å². The minimum absolute atomic E-state index is 0.341. The quantitative estimate of drug-likeness (QED) is 0.747. The van der Waals surface area contributed by atoms with E-state index in [1.54, 1.807) is 0 Å². The Bertz CT molecular complexity index is 316. The van der Waals surface area contributed by atoms with Gasteiger partial charge in [-0.1, -0.05) is 0 Å². The second-order valence-corrected chi connectivity index (χ2v) is 7.52. The maximum atomic E-state index is 12.4. The molecule has 4 nitrogen and oxygen atoms in total. The SMILES string of the molecule is NCC1CCC(N=S2(=O)CCNCC2)CC1. The molecule has 0 radical (unpaired) electrons. The van der Waals surface area contributed by atoms with Crippen molar-refractivity contribution < 1.29 is 4.21 Å². The van der Waals surface area contributed by atoms with Gasteiger partial charge in [0.2, 0.25) is 0 Å².